The average Bonchev–Trinajstić information content (AvgIpc) is 3.20. The van der Waals surface area contributed by atoms with E-state index in [4.69, 9.17) is 4.74 Å². The molecule has 3 heterocycles. The normalized spacial score (nSPS) is 27.9. The lowest BCUT2D eigenvalue weighted by molar-refractivity contribution is -0.0715. The number of likely N-dealkylation sites (tertiary alicyclic amines) is 1. The van der Waals surface area contributed by atoms with Gasteiger partial charge in [0, 0.05) is 37.6 Å². The van der Waals surface area contributed by atoms with Gasteiger partial charge in [-0.1, -0.05) is 18.2 Å². The Kier molecular flexibility index (Phi) is 4.48. The fraction of sp³-hybridized carbons (Fsp3) is 0.579. The third kappa shape index (κ3) is 3.28. The Morgan fingerprint density at radius 1 is 1.28 bits per heavy atom. The molecule has 0 radical (unpaired) electrons. The number of nitrogens with zero attached hydrogens (tertiary/aromatic N) is 3. The first-order chi connectivity index (χ1) is 12.1. The third-order valence-electron chi connectivity index (χ3n) is 5.28. The number of para-hydroxylation sites is 1. The molecule has 25 heavy (non-hydrogen) atoms. The zero-order chi connectivity index (χ0) is 17.4. The summed E-state index contributed by atoms with van der Waals surface area (Å²) in [5, 5.41) is 8.18. The maximum atomic E-state index is 13.1. The van der Waals surface area contributed by atoms with Gasteiger partial charge in [0.25, 0.3) is 5.91 Å². The maximum Gasteiger partial charge on any atom is 0.275 e. The molecule has 134 valence electrons. The zero-order valence-electron chi connectivity index (χ0n) is 14.9. The summed E-state index contributed by atoms with van der Waals surface area (Å²) >= 11 is 0. The molecule has 2 aromatic rings. The predicted molar refractivity (Wildman–Crippen MR) is 96.6 cm³/mol. The second-order valence-electron chi connectivity index (χ2n) is 7.39. The van der Waals surface area contributed by atoms with Crippen molar-refractivity contribution in [3.05, 3.63) is 30.0 Å². The number of aromatic amines is 1. The van der Waals surface area contributed by atoms with Crippen molar-refractivity contribution in [1.82, 2.24) is 20.0 Å². The first-order valence-corrected chi connectivity index (χ1v) is 9.23. The highest BCUT2D eigenvalue weighted by atomic mass is 16.5. The average molecular weight is 342 g/mol. The predicted octanol–water partition coefficient (Wildman–Crippen LogP) is 2.28. The van der Waals surface area contributed by atoms with E-state index in [-0.39, 0.29) is 24.2 Å². The summed E-state index contributed by atoms with van der Waals surface area (Å²) in [6, 6.07) is 8.08. The first kappa shape index (κ1) is 16.5. The number of morpholine rings is 1. The first-order valence-electron chi connectivity index (χ1n) is 9.23. The molecule has 6 nitrogen and oxygen atoms in total. The van der Waals surface area contributed by atoms with Gasteiger partial charge in [-0.25, -0.2) is 0 Å². The number of benzene rings is 1. The van der Waals surface area contributed by atoms with Crippen LogP contribution in [0.2, 0.25) is 0 Å². The molecule has 2 aliphatic rings. The summed E-state index contributed by atoms with van der Waals surface area (Å²) in [4.78, 5) is 17.6. The van der Waals surface area contributed by atoms with E-state index in [1.54, 1.807) is 0 Å². The van der Waals surface area contributed by atoms with Gasteiger partial charge in [0.15, 0.2) is 5.69 Å². The Labute approximate surface area is 148 Å². The van der Waals surface area contributed by atoms with E-state index >= 15 is 0 Å². The molecule has 0 saturated carbocycles. The minimum atomic E-state index is 0.0503. The Balaban J connectivity index is 1.50. The van der Waals surface area contributed by atoms with Crippen molar-refractivity contribution in [3.8, 4) is 0 Å². The lowest BCUT2D eigenvalue weighted by atomic mass is 10.1. The van der Waals surface area contributed by atoms with Crippen LogP contribution in [0.4, 0.5) is 0 Å². The van der Waals surface area contributed by atoms with Gasteiger partial charge in [-0.05, 0) is 32.8 Å². The molecule has 4 rings (SSSR count). The Morgan fingerprint density at radius 2 is 2.04 bits per heavy atom. The van der Waals surface area contributed by atoms with Crippen molar-refractivity contribution >= 4 is 16.8 Å². The van der Waals surface area contributed by atoms with Gasteiger partial charge >= 0.3 is 0 Å². The Hall–Kier alpha value is -1.92. The number of hydrogen-bond acceptors (Lipinski definition) is 4. The van der Waals surface area contributed by atoms with E-state index in [0.717, 1.165) is 49.9 Å². The second kappa shape index (κ2) is 6.77. The van der Waals surface area contributed by atoms with E-state index in [9.17, 15) is 4.79 Å². The van der Waals surface area contributed by atoms with Crippen LogP contribution < -0.4 is 0 Å². The molecule has 1 amide bonds. The van der Waals surface area contributed by atoms with E-state index in [2.05, 4.69) is 28.9 Å². The number of amides is 1. The van der Waals surface area contributed by atoms with Gasteiger partial charge < -0.3 is 9.64 Å². The van der Waals surface area contributed by atoms with Crippen molar-refractivity contribution in [2.75, 3.05) is 26.2 Å². The van der Waals surface area contributed by atoms with Crippen LogP contribution in [0.15, 0.2) is 24.3 Å². The molecule has 2 saturated heterocycles. The number of carbonyl (C=O) groups excluding carboxylic acids is 1. The van der Waals surface area contributed by atoms with Gasteiger partial charge in [-0.15, -0.1) is 0 Å². The van der Waals surface area contributed by atoms with Crippen molar-refractivity contribution in [2.24, 2.45) is 0 Å². The van der Waals surface area contributed by atoms with Gasteiger partial charge in [-0.2, -0.15) is 5.10 Å². The molecular formula is C19H26N4O2. The van der Waals surface area contributed by atoms with Gasteiger partial charge in [0.1, 0.15) is 0 Å². The summed E-state index contributed by atoms with van der Waals surface area (Å²) in [5.74, 6) is 0.0503. The molecule has 2 fully saturated rings. The summed E-state index contributed by atoms with van der Waals surface area (Å²) in [6.07, 6.45) is 2.64. The van der Waals surface area contributed by atoms with Crippen LogP contribution in [0, 0.1) is 0 Å². The third-order valence-corrected chi connectivity index (χ3v) is 5.28. The number of H-pyrrole nitrogens is 1. The molecular weight excluding hydrogens is 316 g/mol. The van der Waals surface area contributed by atoms with E-state index in [1.165, 1.54) is 0 Å². The summed E-state index contributed by atoms with van der Waals surface area (Å²) in [6.45, 7) is 7.86. The molecule has 6 heteroatoms. The number of nitrogens with one attached hydrogen (secondary N) is 1. The van der Waals surface area contributed by atoms with E-state index in [1.807, 2.05) is 29.2 Å². The SMILES string of the molecule is C[C@@H]1CN(C[C@H]2CCCN2C(=O)c2n[nH]c3ccccc23)C[C@H](C)O1. The molecule has 0 spiro atoms. The van der Waals surface area contributed by atoms with Gasteiger partial charge in [0.2, 0.25) is 0 Å². The quantitative estimate of drug-likeness (QED) is 0.930. The number of carbonyl (C=O) groups is 1. The van der Waals surface area contributed by atoms with Crippen LogP contribution >= 0.6 is 0 Å². The second-order valence-corrected chi connectivity index (χ2v) is 7.39. The minimum Gasteiger partial charge on any atom is -0.373 e. The van der Waals surface area contributed by atoms with Crippen molar-refractivity contribution in [1.29, 1.82) is 0 Å². The van der Waals surface area contributed by atoms with Crippen LogP contribution in [-0.2, 0) is 4.74 Å². The fourth-order valence-corrected chi connectivity index (χ4v) is 4.29. The zero-order valence-corrected chi connectivity index (χ0v) is 14.9. The molecule has 0 bridgehead atoms. The van der Waals surface area contributed by atoms with Crippen LogP contribution in [0.25, 0.3) is 10.9 Å². The highest BCUT2D eigenvalue weighted by Crippen LogP contribution is 2.24. The van der Waals surface area contributed by atoms with Gasteiger partial charge in [0.05, 0.1) is 17.7 Å². The molecule has 2 aliphatic heterocycles. The minimum absolute atomic E-state index is 0.0503. The molecule has 0 unspecified atom stereocenters. The largest absolute Gasteiger partial charge is 0.373 e. The molecule has 1 aromatic carbocycles. The monoisotopic (exact) mass is 342 g/mol. The van der Waals surface area contributed by atoms with Crippen molar-refractivity contribution in [3.63, 3.8) is 0 Å². The van der Waals surface area contributed by atoms with E-state index < -0.39 is 0 Å². The topological polar surface area (TPSA) is 61.5 Å². The summed E-state index contributed by atoms with van der Waals surface area (Å²) in [5.41, 5.74) is 1.46. The fourth-order valence-electron chi connectivity index (χ4n) is 4.29. The van der Waals surface area contributed by atoms with Crippen LogP contribution in [0.3, 0.4) is 0 Å². The van der Waals surface area contributed by atoms with Crippen molar-refractivity contribution in [2.45, 2.75) is 44.9 Å². The molecule has 3 atom stereocenters. The standard InChI is InChI=1S/C19H26N4O2/c1-13-10-22(11-14(2)25-13)12-15-6-5-9-23(15)19(24)18-16-7-3-4-8-17(16)20-21-18/h3-4,7-8,13-15H,5-6,9-12H2,1-2H3,(H,20,21)/t13-,14+,15-/m1/s1. The van der Waals surface area contributed by atoms with E-state index in [0.29, 0.717) is 5.69 Å². The van der Waals surface area contributed by atoms with Gasteiger partial charge in [-0.3, -0.25) is 14.8 Å². The molecule has 1 N–H and O–H groups in total. The Bertz CT molecular complexity index is 749. The number of hydrogen-bond donors (Lipinski definition) is 1. The number of aromatic nitrogens is 2. The highest BCUT2D eigenvalue weighted by molar-refractivity contribution is 6.04. The van der Waals surface area contributed by atoms with Crippen LogP contribution in [0.5, 0.6) is 0 Å². The molecule has 1 aromatic heterocycles. The number of rotatable bonds is 3. The summed E-state index contributed by atoms with van der Waals surface area (Å²) < 4.78 is 5.83. The highest BCUT2D eigenvalue weighted by Gasteiger charge is 2.34. The molecule has 0 aliphatic carbocycles. The Morgan fingerprint density at radius 3 is 2.84 bits per heavy atom. The number of fused-ring (bicyclic) bond motifs is 1. The van der Waals surface area contributed by atoms with Crippen LogP contribution in [-0.4, -0.2) is 70.3 Å². The van der Waals surface area contributed by atoms with Crippen molar-refractivity contribution < 1.29 is 9.53 Å². The number of ether oxygens (including phenoxy) is 1. The lowest BCUT2D eigenvalue weighted by Gasteiger charge is -2.38. The maximum absolute atomic E-state index is 13.1. The smallest absolute Gasteiger partial charge is 0.275 e. The van der Waals surface area contributed by atoms with Crippen LogP contribution in [0.1, 0.15) is 37.2 Å². The lowest BCUT2D eigenvalue weighted by Crippen LogP contribution is -2.51. The summed E-state index contributed by atoms with van der Waals surface area (Å²) in [7, 11) is 0.